The number of rotatable bonds is 33. The van der Waals surface area contributed by atoms with Gasteiger partial charge in [-0.3, -0.25) is 24.0 Å². The maximum Gasteiger partial charge on any atom is 0.260 e. The van der Waals surface area contributed by atoms with Crippen LogP contribution in [0.3, 0.4) is 0 Å². The van der Waals surface area contributed by atoms with Gasteiger partial charge in [-0.05, 0) is 169 Å². The minimum absolute atomic E-state index is 0.00460. The average molecular weight is 1760 g/mol. The molecule has 5 aliphatic heterocycles. The molecule has 5 N–H and O–H groups in total. The molecule has 5 saturated heterocycles. The number of carbonyl (C=O) groups is 5. The number of para-hydroxylation sites is 6. The van der Waals surface area contributed by atoms with Gasteiger partial charge in [0.1, 0.15) is 70.8 Å². The summed E-state index contributed by atoms with van der Waals surface area (Å²) in [6.45, 7) is 10.1. The van der Waals surface area contributed by atoms with Crippen LogP contribution in [0.2, 0.25) is 0 Å². The number of aliphatic hydroxyl groups excluding tert-OH is 5. The summed E-state index contributed by atoms with van der Waals surface area (Å²) in [5.41, 5.74) is 6.39. The molecule has 10 aromatic carbocycles. The predicted octanol–water partition coefficient (Wildman–Crippen LogP) is 11.8. The van der Waals surface area contributed by atoms with E-state index in [9.17, 15) is 24.0 Å². The molecule has 15 rings (SSSR count). The summed E-state index contributed by atoms with van der Waals surface area (Å²) in [4.78, 5) is 70.4. The van der Waals surface area contributed by atoms with Crippen molar-refractivity contribution >= 4 is 29.5 Å². The number of hydrogen-bond donors (Lipinski definition) is 5. The second-order valence-corrected chi connectivity index (χ2v) is 30.9. The third kappa shape index (κ3) is 30.2. The first-order chi connectivity index (χ1) is 62.3. The Balaban J connectivity index is 0.000000155. The highest BCUT2D eigenvalue weighted by Crippen LogP contribution is 2.33. The number of ether oxygens (including phenoxy) is 13. The molecule has 5 aliphatic rings. The molecule has 0 aliphatic carbocycles. The molecule has 0 saturated carbocycles. The highest BCUT2D eigenvalue weighted by Gasteiger charge is 2.34. The SMILES string of the molecule is COc1ccccc1OC1CCN(C(=O)COc2ccc(CO)cc2)C1.COc1ccccc1O[C@@H]1CCN(C(=O)COc2ccc(CO)cc2)C1.COc1ccccc1O[C@H]1CCN(C(=O)COc2ccc(CO)cc2)C1.Cc1ccc(OC2CCN(C(=O)COc3ccc(CO)cc3)C2)cc1.Cc1cccc(OC2CCN(C(=O)COc3ccc(CO)cc3)C2)c1. The van der Waals surface area contributed by atoms with Crippen molar-refractivity contribution in [3.8, 4) is 74.7 Å². The van der Waals surface area contributed by atoms with Gasteiger partial charge in [-0.1, -0.05) is 127 Å². The lowest BCUT2D eigenvalue weighted by Crippen LogP contribution is -2.34. The summed E-state index contributed by atoms with van der Waals surface area (Å²) in [5.74, 6) is 8.60. The monoisotopic (exact) mass is 1750 g/mol. The molecule has 5 amide bonds. The number of methoxy groups -OCH3 is 3. The zero-order valence-corrected chi connectivity index (χ0v) is 73.0. The van der Waals surface area contributed by atoms with Crippen molar-refractivity contribution in [2.75, 3.05) is 120 Å². The molecule has 5 atom stereocenters. The Labute approximate surface area is 747 Å². The van der Waals surface area contributed by atoms with E-state index in [2.05, 4.69) is 0 Å². The minimum atomic E-state index is -0.0673. The number of aliphatic hydroxyl groups is 5. The van der Waals surface area contributed by atoms with Crippen molar-refractivity contribution in [3.63, 3.8) is 0 Å². The van der Waals surface area contributed by atoms with E-state index in [1.54, 1.807) is 167 Å². The molecule has 678 valence electrons. The van der Waals surface area contributed by atoms with Gasteiger partial charge in [0, 0.05) is 64.8 Å². The van der Waals surface area contributed by atoms with Crippen LogP contribution in [0.15, 0.2) is 243 Å². The Kier molecular flexibility index (Phi) is 37.4. The highest BCUT2D eigenvalue weighted by atomic mass is 16.5. The maximum absolute atomic E-state index is 12.3. The molecular formula is C100H115N5O23. The Morgan fingerprint density at radius 2 is 0.484 bits per heavy atom. The van der Waals surface area contributed by atoms with Crippen LogP contribution < -0.4 is 61.6 Å². The first kappa shape index (κ1) is 95.4. The largest absolute Gasteiger partial charge is 0.493 e. The third-order valence-corrected chi connectivity index (χ3v) is 21.5. The van der Waals surface area contributed by atoms with Crippen LogP contribution in [0.25, 0.3) is 0 Å². The fourth-order valence-corrected chi connectivity index (χ4v) is 14.3. The smallest absolute Gasteiger partial charge is 0.260 e. The van der Waals surface area contributed by atoms with Gasteiger partial charge in [0.25, 0.3) is 29.5 Å². The van der Waals surface area contributed by atoms with Crippen molar-refractivity contribution in [2.24, 2.45) is 0 Å². The van der Waals surface area contributed by atoms with Crippen LogP contribution >= 0.6 is 0 Å². The quantitative estimate of drug-likeness (QED) is 0.0255. The molecule has 3 unspecified atom stereocenters. The Bertz CT molecular complexity index is 4770. The molecule has 128 heavy (non-hydrogen) atoms. The molecular weight excluding hydrogens is 1640 g/mol. The van der Waals surface area contributed by atoms with E-state index in [0.717, 1.165) is 77.0 Å². The van der Waals surface area contributed by atoms with E-state index < -0.39 is 0 Å². The standard InChI is InChI=1S/3C20H23NO5.2C20H23NO4/c3*1-24-18-4-2-3-5-19(18)26-17-10-11-21(12-17)20(23)14-25-16-8-6-15(13-22)7-9-16;1-15-2-6-18(7-3-15)25-19-10-11-21(12-19)20(23)14-24-17-8-4-16(13-22)5-9-17;1-15-3-2-4-18(11-15)25-19-9-10-21(12-19)20(23)14-24-17-7-5-16(13-22)6-8-17/h3*2-9,17,22H,10-14H2,1H3;2-9,19,22H,10-14H2,1H3;2-8,11,19,22H,9-10,12-14H2,1H3/t2*17-;;;/m10.../s1. The van der Waals surface area contributed by atoms with E-state index in [4.69, 9.17) is 87.1 Å². The van der Waals surface area contributed by atoms with Gasteiger partial charge in [0.05, 0.1) is 87.1 Å². The summed E-state index contributed by atoms with van der Waals surface area (Å²) in [7, 11) is 4.82. The normalized spacial score (nSPS) is 16.5. The van der Waals surface area contributed by atoms with Crippen molar-refractivity contribution in [2.45, 2.75) is 110 Å². The summed E-state index contributed by atoms with van der Waals surface area (Å²) >= 11 is 0. The molecule has 0 aromatic heterocycles. The van der Waals surface area contributed by atoms with Crippen LogP contribution in [0.1, 0.15) is 71.0 Å². The van der Waals surface area contributed by atoms with Gasteiger partial charge < -0.3 is 112 Å². The summed E-state index contributed by atoms with van der Waals surface area (Å²) < 4.78 is 73.4. The fraction of sp³-hybridized carbons (Fsp3) is 0.350. The van der Waals surface area contributed by atoms with Gasteiger partial charge in [0.15, 0.2) is 67.5 Å². The van der Waals surface area contributed by atoms with E-state index in [1.165, 1.54) is 5.56 Å². The molecule has 5 fully saturated rings. The molecule has 5 heterocycles. The number of amides is 5. The molecule has 0 bridgehead atoms. The van der Waals surface area contributed by atoms with Gasteiger partial charge in [-0.2, -0.15) is 0 Å². The average Bonchev–Trinajstić information content (AvgIpc) is 1.72. The number of likely N-dealkylation sites (tertiary alicyclic amines) is 5. The number of nitrogens with zero attached hydrogens (tertiary/aromatic N) is 5. The van der Waals surface area contributed by atoms with Crippen molar-refractivity contribution in [1.82, 2.24) is 24.5 Å². The molecule has 28 nitrogen and oxygen atoms in total. The molecule has 28 heteroatoms. The zero-order chi connectivity index (χ0) is 90.4. The predicted molar refractivity (Wildman–Crippen MR) is 479 cm³/mol. The zero-order valence-electron chi connectivity index (χ0n) is 73.0. The van der Waals surface area contributed by atoms with Gasteiger partial charge >= 0.3 is 0 Å². The topological polar surface area (TPSA) is 323 Å². The Morgan fingerprint density at radius 3 is 0.719 bits per heavy atom. The Hall–Kier alpha value is -13.3. The van der Waals surface area contributed by atoms with Gasteiger partial charge in [-0.25, -0.2) is 0 Å². The third-order valence-electron chi connectivity index (χ3n) is 21.5. The molecule has 10 aromatic rings. The van der Waals surface area contributed by atoms with Gasteiger partial charge in [-0.15, -0.1) is 0 Å². The molecule has 0 radical (unpaired) electrons. The van der Waals surface area contributed by atoms with Crippen LogP contribution in [-0.2, 0) is 57.0 Å². The second kappa shape index (κ2) is 50.2. The lowest BCUT2D eigenvalue weighted by atomic mass is 10.2. The lowest BCUT2D eigenvalue weighted by Gasteiger charge is -2.18. The lowest BCUT2D eigenvalue weighted by molar-refractivity contribution is -0.133. The maximum atomic E-state index is 12.3. The van der Waals surface area contributed by atoms with E-state index in [1.807, 2.05) is 135 Å². The summed E-state index contributed by atoms with van der Waals surface area (Å²) in [6, 6.07) is 73.6. The van der Waals surface area contributed by atoms with Gasteiger partial charge in [0.2, 0.25) is 0 Å². The summed E-state index contributed by atoms with van der Waals surface area (Å²) in [6.07, 6.45) is 3.84. The number of benzene rings is 10. The number of carbonyl (C=O) groups excluding carboxylic acids is 5. The number of aryl methyl sites for hydroxylation is 2. The van der Waals surface area contributed by atoms with E-state index in [0.29, 0.717) is 129 Å². The van der Waals surface area contributed by atoms with Crippen molar-refractivity contribution in [3.05, 3.63) is 282 Å². The van der Waals surface area contributed by atoms with Crippen molar-refractivity contribution in [1.29, 1.82) is 0 Å². The van der Waals surface area contributed by atoms with Crippen molar-refractivity contribution < 1.29 is 111 Å². The van der Waals surface area contributed by atoms with E-state index in [-0.39, 0.29) is 126 Å². The Morgan fingerprint density at radius 1 is 0.258 bits per heavy atom. The van der Waals surface area contributed by atoms with Crippen LogP contribution in [0, 0.1) is 13.8 Å². The van der Waals surface area contributed by atoms with Crippen LogP contribution in [0.4, 0.5) is 0 Å². The first-order valence-electron chi connectivity index (χ1n) is 42.7. The summed E-state index contributed by atoms with van der Waals surface area (Å²) in [5, 5.41) is 45.1. The molecule has 0 spiro atoms. The fourth-order valence-electron chi connectivity index (χ4n) is 14.3. The number of hydrogen-bond acceptors (Lipinski definition) is 23. The van der Waals surface area contributed by atoms with Crippen LogP contribution in [-0.4, -0.2) is 230 Å². The second-order valence-electron chi connectivity index (χ2n) is 30.9. The highest BCUT2D eigenvalue weighted by molar-refractivity contribution is 5.80. The first-order valence-corrected chi connectivity index (χ1v) is 42.7. The minimum Gasteiger partial charge on any atom is -0.493 e. The van der Waals surface area contributed by atoms with Crippen LogP contribution in [0.5, 0.6) is 74.7 Å². The van der Waals surface area contributed by atoms with E-state index >= 15 is 0 Å².